The van der Waals surface area contributed by atoms with Gasteiger partial charge in [-0.25, -0.2) is 4.39 Å². The molecular formula is C16H14BrCl2F. The average molecular weight is 376 g/mol. The molecule has 0 bridgehead atoms. The van der Waals surface area contributed by atoms with Crippen LogP contribution in [0.15, 0.2) is 46.9 Å². The first-order chi connectivity index (χ1) is 9.60. The third-order valence-electron chi connectivity index (χ3n) is 3.17. The molecule has 0 N–H and O–H groups in total. The van der Waals surface area contributed by atoms with Gasteiger partial charge in [0.25, 0.3) is 0 Å². The van der Waals surface area contributed by atoms with E-state index in [1.54, 1.807) is 6.07 Å². The van der Waals surface area contributed by atoms with Gasteiger partial charge in [0.05, 0.1) is 4.47 Å². The lowest BCUT2D eigenvalue weighted by molar-refractivity contribution is 0.573. The third kappa shape index (κ3) is 4.21. The molecule has 1 atom stereocenters. The summed E-state index contributed by atoms with van der Waals surface area (Å²) >= 11 is 15.3. The van der Waals surface area contributed by atoms with Crippen LogP contribution in [-0.2, 0) is 12.8 Å². The van der Waals surface area contributed by atoms with E-state index in [0.29, 0.717) is 10.4 Å². The Balaban J connectivity index is 2.11. The Kier molecular flexibility index (Phi) is 5.88. The zero-order valence-corrected chi connectivity index (χ0v) is 13.8. The molecule has 0 aliphatic carbocycles. The third-order valence-corrected chi connectivity index (χ3v) is 4.73. The van der Waals surface area contributed by atoms with Crippen molar-refractivity contribution in [3.05, 3.63) is 68.9 Å². The number of hydrogen-bond acceptors (Lipinski definition) is 0. The van der Waals surface area contributed by atoms with Crippen LogP contribution in [0.5, 0.6) is 0 Å². The van der Waals surface area contributed by atoms with Gasteiger partial charge in [0, 0.05) is 10.9 Å². The van der Waals surface area contributed by atoms with Crippen LogP contribution in [-0.4, -0.2) is 5.88 Å². The molecule has 20 heavy (non-hydrogen) atoms. The van der Waals surface area contributed by atoms with Crippen molar-refractivity contribution in [3.63, 3.8) is 0 Å². The smallest absolute Gasteiger partial charge is 0.137 e. The van der Waals surface area contributed by atoms with E-state index in [1.807, 2.05) is 30.3 Å². The largest absolute Gasteiger partial charge is 0.206 e. The molecule has 1 unspecified atom stereocenters. The molecule has 0 saturated carbocycles. The molecule has 0 aliphatic rings. The van der Waals surface area contributed by atoms with Crippen molar-refractivity contribution in [2.45, 2.75) is 12.8 Å². The van der Waals surface area contributed by atoms with Crippen LogP contribution in [0.3, 0.4) is 0 Å². The number of halogens is 4. The Hall–Kier alpha value is -0.570. The van der Waals surface area contributed by atoms with Gasteiger partial charge in [-0.2, -0.15) is 0 Å². The highest BCUT2D eigenvalue weighted by atomic mass is 79.9. The van der Waals surface area contributed by atoms with Crippen LogP contribution in [0.2, 0.25) is 5.02 Å². The minimum atomic E-state index is -0.237. The lowest BCUT2D eigenvalue weighted by Crippen LogP contribution is -2.11. The molecule has 0 heterocycles. The molecule has 0 fully saturated rings. The Labute approximate surface area is 137 Å². The maximum Gasteiger partial charge on any atom is 0.137 e. The van der Waals surface area contributed by atoms with Crippen molar-refractivity contribution in [2.75, 3.05) is 5.88 Å². The van der Waals surface area contributed by atoms with Gasteiger partial charge in [-0.05, 0) is 64.0 Å². The molecular weight excluding hydrogens is 362 g/mol. The van der Waals surface area contributed by atoms with Gasteiger partial charge in [0.1, 0.15) is 5.82 Å². The fourth-order valence-corrected chi connectivity index (χ4v) is 3.05. The van der Waals surface area contributed by atoms with E-state index in [9.17, 15) is 4.39 Å². The maximum atomic E-state index is 13.5. The maximum absolute atomic E-state index is 13.5. The highest BCUT2D eigenvalue weighted by Crippen LogP contribution is 2.25. The van der Waals surface area contributed by atoms with Gasteiger partial charge >= 0.3 is 0 Å². The van der Waals surface area contributed by atoms with E-state index < -0.39 is 0 Å². The van der Waals surface area contributed by atoms with Crippen molar-refractivity contribution < 1.29 is 4.39 Å². The topological polar surface area (TPSA) is 0 Å². The molecule has 0 aliphatic heterocycles. The van der Waals surface area contributed by atoms with Crippen molar-refractivity contribution in [3.8, 4) is 0 Å². The standard InChI is InChI=1S/C16H14BrCl2F/c17-16-13(4-2-6-15(16)20)8-12(10-18)7-11-3-1-5-14(19)9-11/h1-6,9,12H,7-8,10H2. The van der Waals surface area contributed by atoms with E-state index in [-0.39, 0.29) is 11.7 Å². The van der Waals surface area contributed by atoms with Crippen molar-refractivity contribution >= 4 is 39.1 Å². The zero-order chi connectivity index (χ0) is 14.5. The summed E-state index contributed by atoms with van der Waals surface area (Å²) in [6.07, 6.45) is 1.56. The summed E-state index contributed by atoms with van der Waals surface area (Å²) < 4.78 is 14.0. The van der Waals surface area contributed by atoms with Crippen molar-refractivity contribution in [2.24, 2.45) is 5.92 Å². The molecule has 0 aromatic heterocycles. The molecule has 2 aromatic carbocycles. The predicted molar refractivity (Wildman–Crippen MR) is 87.2 cm³/mol. The second-order valence-corrected chi connectivity index (χ2v) is 6.31. The SMILES string of the molecule is Fc1cccc(CC(CCl)Cc2cccc(Cl)c2)c1Br. The fourth-order valence-electron chi connectivity index (χ4n) is 2.20. The number of alkyl halides is 1. The Bertz CT molecular complexity index is 586. The number of hydrogen-bond donors (Lipinski definition) is 0. The Morgan fingerprint density at radius 1 is 1.10 bits per heavy atom. The predicted octanol–water partition coefficient (Wildman–Crippen LogP) is 5.88. The van der Waals surface area contributed by atoms with E-state index in [4.69, 9.17) is 23.2 Å². The molecule has 0 saturated heterocycles. The molecule has 2 rings (SSSR count). The summed E-state index contributed by atoms with van der Waals surface area (Å²) in [6.45, 7) is 0. The Morgan fingerprint density at radius 3 is 2.55 bits per heavy atom. The number of benzene rings is 2. The fraction of sp³-hybridized carbons (Fsp3) is 0.250. The van der Waals surface area contributed by atoms with Crippen LogP contribution < -0.4 is 0 Å². The van der Waals surface area contributed by atoms with Crippen molar-refractivity contribution in [1.82, 2.24) is 0 Å². The van der Waals surface area contributed by atoms with Gasteiger partial charge in [-0.1, -0.05) is 35.9 Å². The molecule has 0 nitrogen and oxygen atoms in total. The summed E-state index contributed by atoms with van der Waals surface area (Å²) in [4.78, 5) is 0. The zero-order valence-electron chi connectivity index (χ0n) is 10.8. The minimum Gasteiger partial charge on any atom is -0.206 e. The summed E-state index contributed by atoms with van der Waals surface area (Å²) in [6, 6.07) is 12.9. The monoisotopic (exact) mass is 374 g/mol. The first kappa shape index (κ1) is 15.8. The molecule has 4 heteroatoms. The van der Waals surface area contributed by atoms with Gasteiger partial charge in [0.15, 0.2) is 0 Å². The number of rotatable bonds is 5. The first-order valence-electron chi connectivity index (χ1n) is 6.33. The molecule has 2 aromatic rings. The molecule has 0 amide bonds. The summed E-state index contributed by atoms with van der Waals surface area (Å²) in [5, 5.41) is 0.725. The second-order valence-electron chi connectivity index (χ2n) is 4.77. The van der Waals surface area contributed by atoms with Gasteiger partial charge in [0.2, 0.25) is 0 Å². The minimum absolute atomic E-state index is 0.237. The molecule has 0 radical (unpaired) electrons. The summed E-state index contributed by atoms with van der Waals surface area (Å²) in [7, 11) is 0. The van der Waals surface area contributed by atoms with E-state index in [1.165, 1.54) is 6.07 Å². The van der Waals surface area contributed by atoms with E-state index in [2.05, 4.69) is 15.9 Å². The van der Waals surface area contributed by atoms with Gasteiger partial charge < -0.3 is 0 Å². The Morgan fingerprint density at radius 2 is 1.85 bits per heavy atom. The van der Waals surface area contributed by atoms with E-state index in [0.717, 1.165) is 29.0 Å². The summed E-state index contributed by atoms with van der Waals surface area (Å²) in [5.74, 6) is 0.530. The highest BCUT2D eigenvalue weighted by molar-refractivity contribution is 9.10. The van der Waals surface area contributed by atoms with Gasteiger partial charge in [-0.15, -0.1) is 11.6 Å². The summed E-state index contributed by atoms with van der Waals surface area (Å²) in [5.41, 5.74) is 2.09. The highest BCUT2D eigenvalue weighted by Gasteiger charge is 2.13. The second kappa shape index (κ2) is 7.44. The van der Waals surface area contributed by atoms with Crippen LogP contribution in [0.4, 0.5) is 4.39 Å². The van der Waals surface area contributed by atoms with Gasteiger partial charge in [-0.3, -0.25) is 0 Å². The first-order valence-corrected chi connectivity index (χ1v) is 8.04. The van der Waals surface area contributed by atoms with Crippen LogP contribution in [0.1, 0.15) is 11.1 Å². The molecule has 0 spiro atoms. The normalized spacial score (nSPS) is 12.4. The average Bonchev–Trinajstić information content (AvgIpc) is 2.43. The lowest BCUT2D eigenvalue weighted by atomic mass is 9.94. The lowest BCUT2D eigenvalue weighted by Gasteiger charge is -2.15. The quantitative estimate of drug-likeness (QED) is 0.572. The van der Waals surface area contributed by atoms with E-state index >= 15 is 0 Å². The van der Waals surface area contributed by atoms with Crippen molar-refractivity contribution in [1.29, 1.82) is 0 Å². The van der Waals surface area contributed by atoms with Crippen LogP contribution in [0.25, 0.3) is 0 Å². The van der Waals surface area contributed by atoms with Crippen LogP contribution in [0, 0.1) is 11.7 Å². The molecule has 106 valence electrons. The van der Waals surface area contributed by atoms with Crippen LogP contribution >= 0.6 is 39.1 Å².